The number of hydrogen-bond donors (Lipinski definition) is 2. The van der Waals surface area contributed by atoms with Gasteiger partial charge < -0.3 is 15.4 Å². The van der Waals surface area contributed by atoms with E-state index in [1.54, 1.807) is 0 Å². The number of thioether (sulfide) groups is 2. The molecule has 4 heterocycles. The first-order valence-corrected chi connectivity index (χ1v) is 11.1. The standard InChI is InChI=1S/C20H21N3OS2/c1-3-8-14-12(6-1)21-19(25-14)17-18(24-16-10-5-11-23(16)17)20-22-13-7-2-4-9-15(13)26-20/h1-4,6-9,16-22H,5,10-11H2/t16-,17-,18+,19+,20+/m0/s1. The van der Waals surface area contributed by atoms with E-state index in [9.17, 15) is 0 Å². The molecule has 2 N–H and O–H groups in total. The zero-order valence-electron chi connectivity index (χ0n) is 14.3. The fraction of sp³-hybridized carbons (Fsp3) is 0.400. The lowest BCUT2D eigenvalue weighted by molar-refractivity contribution is 0.0201. The fourth-order valence-corrected chi connectivity index (χ4v) is 7.16. The molecule has 2 aromatic carbocycles. The Hall–Kier alpha value is -1.34. The fourth-order valence-electron chi connectivity index (χ4n) is 4.61. The first kappa shape index (κ1) is 15.7. The maximum atomic E-state index is 6.61. The molecule has 2 saturated heterocycles. The van der Waals surface area contributed by atoms with Crippen molar-refractivity contribution >= 4 is 34.9 Å². The Morgan fingerprint density at radius 2 is 1.54 bits per heavy atom. The molecule has 4 aliphatic heterocycles. The summed E-state index contributed by atoms with van der Waals surface area (Å²) in [5, 5.41) is 8.09. The summed E-state index contributed by atoms with van der Waals surface area (Å²) in [6, 6.07) is 17.6. The second-order valence-corrected chi connectivity index (χ2v) is 9.65. The third kappa shape index (κ3) is 2.39. The minimum atomic E-state index is 0.178. The third-order valence-corrected chi connectivity index (χ3v) is 8.27. The van der Waals surface area contributed by atoms with Gasteiger partial charge in [-0.1, -0.05) is 47.8 Å². The molecule has 5 atom stereocenters. The summed E-state index contributed by atoms with van der Waals surface area (Å²) in [5.41, 5.74) is 2.51. The summed E-state index contributed by atoms with van der Waals surface area (Å²) in [7, 11) is 0. The van der Waals surface area contributed by atoms with Crippen molar-refractivity contribution in [2.24, 2.45) is 0 Å². The van der Waals surface area contributed by atoms with Crippen LogP contribution in [0.1, 0.15) is 12.8 Å². The van der Waals surface area contributed by atoms with Crippen molar-refractivity contribution in [2.45, 2.75) is 51.8 Å². The molecule has 0 saturated carbocycles. The molecule has 0 spiro atoms. The van der Waals surface area contributed by atoms with Crippen LogP contribution in [0.15, 0.2) is 58.3 Å². The molecule has 2 aromatic rings. The average molecular weight is 384 g/mol. The van der Waals surface area contributed by atoms with Crippen LogP contribution in [0.5, 0.6) is 0 Å². The largest absolute Gasteiger partial charge is 0.371 e. The van der Waals surface area contributed by atoms with Gasteiger partial charge in [0.15, 0.2) is 0 Å². The molecule has 26 heavy (non-hydrogen) atoms. The average Bonchev–Trinajstić information content (AvgIpc) is 3.41. The number of nitrogens with one attached hydrogen (secondary N) is 2. The topological polar surface area (TPSA) is 36.5 Å². The minimum absolute atomic E-state index is 0.178. The van der Waals surface area contributed by atoms with E-state index in [2.05, 4.69) is 64.1 Å². The van der Waals surface area contributed by atoms with E-state index >= 15 is 0 Å². The lowest BCUT2D eigenvalue weighted by Crippen LogP contribution is -2.49. The predicted molar refractivity (Wildman–Crippen MR) is 108 cm³/mol. The highest BCUT2D eigenvalue weighted by Crippen LogP contribution is 2.49. The van der Waals surface area contributed by atoms with E-state index in [-0.39, 0.29) is 17.7 Å². The van der Waals surface area contributed by atoms with Gasteiger partial charge in [-0.05, 0) is 37.1 Å². The van der Waals surface area contributed by atoms with Gasteiger partial charge in [0.2, 0.25) is 0 Å². The Bertz CT molecular complexity index is 797. The third-order valence-electron chi connectivity index (χ3n) is 5.76. The monoisotopic (exact) mass is 383 g/mol. The minimum Gasteiger partial charge on any atom is -0.371 e. The van der Waals surface area contributed by atoms with Crippen LogP contribution in [0.25, 0.3) is 0 Å². The lowest BCUT2D eigenvalue weighted by Gasteiger charge is -2.32. The molecule has 6 heteroatoms. The van der Waals surface area contributed by atoms with E-state index in [0.717, 1.165) is 13.0 Å². The van der Waals surface area contributed by atoms with Crippen LogP contribution in [-0.2, 0) is 4.74 Å². The first-order valence-electron chi connectivity index (χ1n) is 9.32. The van der Waals surface area contributed by atoms with Gasteiger partial charge in [0.05, 0.1) is 11.4 Å². The van der Waals surface area contributed by atoms with Crippen LogP contribution in [-0.4, -0.2) is 40.6 Å². The number of fused-ring (bicyclic) bond motifs is 3. The van der Waals surface area contributed by atoms with Crippen molar-refractivity contribution in [1.82, 2.24) is 4.90 Å². The van der Waals surface area contributed by atoms with Gasteiger partial charge in [-0.3, -0.25) is 4.90 Å². The first-order chi connectivity index (χ1) is 12.9. The molecule has 0 amide bonds. The predicted octanol–water partition coefficient (Wildman–Crippen LogP) is 4.26. The van der Waals surface area contributed by atoms with Crippen LogP contribution in [0.2, 0.25) is 0 Å². The smallest absolute Gasteiger partial charge is 0.111 e. The summed E-state index contributed by atoms with van der Waals surface area (Å²) in [4.78, 5) is 5.29. The van der Waals surface area contributed by atoms with Crippen LogP contribution in [0.3, 0.4) is 0 Å². The van der Waals surface area contributed by atoms with Crippen molar-refractivity contribution in [3.05, 3.63) is 48.5 Å². The molecule has 6 rings (SSSR count). The Kier molecular flexibility index (Phi) is 3.68. The highest BCUT2D eigenvalue weighted by Gasteiger charge is 2.53. The van der Waals surface area contributed by atoms with E-state index in [4.69, 9.17) is 4.74 Å². The van der Waals surface area contributed by atoms with Crippen LogP contribution >= 0.6 is 23.5 Å². The second-order valence-electron chi connectivity index (χ2n) is 7.28. The van der Waals surface area contributed by atoms with Gasteiger partial charge in [-0.15, -0.1) is 0 Å². The molecule has 0 radical (unpaired) electrons. The van der Waals surface area contributed by atoms with E-state index in [1.165, 1.54) is 27.6 Å². The summed E-state index contributed by atoms with van der Waals surface area (Å²) in [5.74, 6) is 0. The number of para-hydroxylation sites is 2. The van der Waals surface area contributed by atoms with Gasteiger partial charge in [-0.25, -0.2) is 0 Å². The second kappa shape index (κ2) is 6.09. The van der Waals surface area contributed by atoms with Crippen LogP contribution in [0.4, 0.5) is 11.4 Å². The molecule has 0 aliphatic carbocycles. The van der Waals surface area contributed by atoms with Gasteiger partial charge in [0, 0.05) is 27.7 Å². The molecule has 0 unspecified atom stereocenters. The highest BCUT2D eigenvalue weighted by atomic mass is 32.2. The zero-order chi connectivity index (χ0) is 17.1. The molecule has 4 aliphatic rings. The normalized spacial score (nSPS) is 34.8. The summed E-state index contributed by atoms with van der Waals surface area (Å²) in [6.45, 7) is 1.14. The zero-order valence-corrected chi connectivity index (χ0v) is 15.9. The molecule has 0 bridgehead atoms. The molecule has 0 aromatic heterocycles. The SMILES string of the molecule is c1ccc2c(c1)N[C@@H]([C@@H]1O[C@H]3CCCN3[C@@H]1[C@@H]1Nc3ccccc3S1)S2. The Morgan fingerprint density at radius 1 is 0.885 bits per heavy atom. The van der Waals surface area contributed by atoms with Crippen molar-refractivity contribution in [3.63, 3.8) is 0 Å². The van der Waals surface area contributed by atoms with Crippen LogP contribution in [0, 0.1) is 0 Å². The Morgan fingerprint density at radius 3 is 2.27 bits per heavy atom. The van der Waals surface area contributed by atoms with Crippen molar-refractivity contribution in [1.29, 1.82) is 0 Å². The molecule has 134 valence electrons. The number of ether oxygens (including phenoxy) is 1. The summed E-state index contributed by atoms with van der Waals surface area (Å²) < 4.78 is 6.61. The van der Waals surface area contributed by atoms with E-state index in [1.807, 2.05) is 23.5 Å². The van der Waals surface area contributed by atoms with Gasteiger partial charge in [0.1, 0.15) is 17.7 Å². The maximum absolute atomic E-state index is 6.61. The highest BCUT2D eigenvalue weighted by molar-refractivity contribution is 8.01. The molecular formula is C20H21N3OS2. The number of rotatable bonds is 2. The molecule has 2 fully saturated rings. The number of nitrogens with zero attached hydrogens (tertiary/aromatic N) is 1. The quantitative estimate of drug-likeness (QED) is 0.807. The van der Waals surface area contributed by atoms with Crippen LogP contribution < -0.4 is 10.6 Å². The summed E-state index contributed by atoms with van der Waals surface area (Å²) in [6.07, 6.45) is 2.85. The van der Waals surface area contributed by atoms with Gasteiger partial charge in [0.25, 0.3) is 0 Å². The van der Waals surface area contributed by atoms with Crippen molar-refractivity contribution in [2.75, 3.05) is 17.2 Å². The maximum Gasteiger partial charge on any atom is 0.111 e. The summed E-state index contributed by atoms with van der Waals surface area (Å²) >= 11 is 3.88. The van der Waals surface area contributed by atoms with Gasteiger partial charge >= 0.3 is 0 Å². The van der Waals surface area contributed by atoms with E-state index < -0.39 is 0 Å². The molecule has 4 nitrogen and oxygen atoms in total. The number of benzene rings is 2. The van der Waals surface area contributed by atoms with Crippen molar-refractivity contribution in [3.8, 4) is 0 Å². The van der Waals surface area contributed by atoms with Crippen molar-refractivity contribution < 1.29 is 4.74 Å². The van der Waals surface area contributed by atoms with Gasteiger partial charge in [-0.2, -0.15) is 0 Å². The lowest BCUT2D eigenvalue weighted by atomic mass is 10.1. The number of hydrogen-bond acceptors (Lipinski definition) is 6. The Balaban J connectivity index is 1.30. The number of anilines is 2. The Labute approximate surface area is 162 Å². The van der Waals surface area contributed by atoms with E-state index in [0.29, 0.717) is 11.4 Å². The molecular weight excluding hydrogens is 362 g/mol.